The van der Waals surface area contributed by atoms with E-state index in [-0.39, 0.29) is 11.3 Å². The molecule has 25 heavy (non-hydrogen) atoms. The molecule has 1 fully saturated rings. The van der Waals surface area contributed by atoms with Crippen LogP contribution in [0.3, 0.4) is 0 Å². The number of anilines is 2. The van der Waals surface area contributed by atoms with Gasteiger partial charge in [0.15, 0.2) is 0 Å². The number of ether oxygens (including phenoxy) is 1. The number of nitro groups is 1. The molecule has 9 heteroatoms. The molecule has 1 aromatic heterocycles. The number of hydrogen-bond acceptors (Lipinski definition) is 6. The van der Waals surface area contributed by atoms with Gasteiger partial charge in [-0.05, 0) is 18.2 Å². The first-order valence-electron chi connectivity index (χ1n) is 7.58. The lowest BCUT2D eigenvalue weighted by atomic mass is 10.1. The molecule has 0 bridgehead atoms. The van der Waals surface area contributed by atoms with E-state index in [0.29, 0.717) is 42.8 Å². The number of rotatable bonds is 4. The maximum absolute atomic E-state index is 12.7. The lowest BCUT2D eigenvalue weighted by molar-refractivity contribution is -0.384. The lowest BCUT2D eigenvalue weighted by Crippen LogP contribution is -2.37. The minimum atomic E-state index is -0.527. The predicted octanol–water partition coefficient (Wildman–Crippen LogP) is 2.73. The van der Waals surface area contributed by atoms with Gasteiger partial charge in [0.1, 0.15) is 5.82 Å². The largest absolute Gasteiger partial charge is 0.378 e. The molecule has 1 N–H and O–H groups in total. The molecule has 1 saturated heterocycles. The van der Waals surface area contributed by atoms with Crippen LogP contribution in [0.1, 0.15) is 10.4 Å². The highest BCUT2D eigenvalue weighted by Crippen LogP contribution is 2.27. The zero-order valence-corrected chi connectivity index (χ0v) is 13.9. The van der Waals surface area contributed by atoms with Crippen LogP contribution in [0.4, 0.5) is 17.2 Å². The van der Waals surface area contributed by atoms with Gasteiger partial charge in [-0.2, -0.15) is 0 Å². The van der Waals surface area contributed by atoms with E-state index in [1.807, 2.05) is 4.90 Å². The number of nitrogens with one attached hydrogen (secondary N) is 1. The van der Waals surface area contributed by atoms with Crippen LogP contribution in [-0.2, 0) is 4.74 Å². The molecule has 1 amide bonds. The number of non-ortho nitro benzene ring substituents is 1. The maximum atomic E-state index is 12.7. The number of morpholine rings is 1. The SMILES string of the molecule is O=C(Nc1ccc(Cl)cn1)c1cc([N+](=O)[O-])ccc1N1CCOCC1. The Hall–Kier alpha value is -2.71. The van der Waals surface area contributed by atoms with Gasteiger partial charge in [-0.1, -0.05) is 11.6 Å². The monoisotopic (exact) mass is 362 g/mol. The van der Waals surface area contributed by atoms with Crippen molar-refractivity contribution in [1.29, 1.82) is 0 Å². The number of hydrogen-bond donors (Lipinski definition) is 1. The smallest absolute Gasteiger partial charge is 0.270 e. The van der Waals surface area contributed by atoms with Crippen molar-refractivity contribution in [3.05, 3.63) is 57.2 Å². The minimum absolute atomic E-state index is 0.147. The summed E-state index contributed by atoms with van der Waals surface area (Å²) in [6.07, 6.45) is 1.41. The fourth-order valence-electron chi connectivity index (χ4n) is 2.53. The van der Waals surface area contributed by atoms with E-state index in [4.69, 9.17) is 16.3 Å². The van der Waals surface area contributed by atoms with Crippen LogP contribution < -0.4 is 10.2 Å². The normalized spacial score (nSPS) is 14.2. The minimum Gasteiger partial charge on any atom is -0.378 e. The van der Waals surface area contributed by atoms with Gasteiger partial charge in [-0.3, -0.25) is 14.9 Å². The van der Waals surface area contributed by atoms with Gasteiger partial charge >= 0.3 is 0 Å². The molecule has 0 spiro atoms. The zero-order valence-electron chi connectivity index (χ0n) is 13.1. The molecule has 0 saturated carbocycles. The molecule has 130 valence electrons. The molecule has 1 aliphatic rings. The fraction of sp³-hybridized carbons (Fsp3) is 0.250. The van der Waals surface area contributed by atoms with Crippen molar-refractivity contribution in [2.45, 2.75) is 0 Å². The summed E-state index contributed by atoms with van der Waals surface area (Å²) in [5, 5.41) is 14.2. The quantitative estimate of drug-likeness (QED) is 0.663. The Morgan fingerprint density at radius 3 is 2.68 bits per heavy atom. The molecule has 0 radical (unpaired) electrons. The van der Waals surface area contributed by atoms with Gasteiger partial charge in [-0.15, -0.1) is 0 Å². The zero-order chi connectivity index (χ0) is 17.8. The van der Waals surface area contributed by atoms with E-state index in [1.165, 1.54) is 18.3 Å². The molecule has 0 unspecified atom stereocenters. The molecule has 0 atom stereocenters. The van der Waals surface area contributed by atoms with Gasteiger partial charge in [0.2, 0.25) is 0 Å². The second-order valence-electron chi connectivity index (χ2n) is 5.37. The van der Waals surface area contributed by atoms with E-state index in [1.54, 1.807) is 18.2 Å². The van der Waals surface area contributed by atoms with Crippen LogP contribution in [0.2, 0.25) is 5.02 Å². The molecule has 2 aromatic rings. The molecule has 0 aliphatic carbocycles. The van der Waals surface area contributed by atoms with E-state index in [9.17, 15) is 14.9 Å². The molecule has 3 rings (SSSR count). The number of amides is 1. The highest BCUT2D eigenvalue weighted by molar-refractivity contribution is 6.30. The summed E-state index contributed by atoms with van der Waals surface area (Å²) < 4.78 is 5.32. The van der Waals surface area contributed by atoms with Crippen molar-refractivity contribution in [2.75, 3.05) is 36.5 Å². The summed E-state index contributed by atoms with van der Waals surface area (Å²) in [6, 6.07) is 7.41. The number of benzene rings is 1. The highest BCUT2D eigenvalue weighted by atomic mass is 35.5. The van der Waals surface area contributed by atoms with Crippen molar-refractivity contribution in [3.8, 4) is 0 Å². The van der Waals surface area contributed by atoms with Gasteiger partial charge < -0.3 is 15.0 Å². The van der Waals surface area contributed by atoms with Crippen molar-refractivity contribution < 1.29 is 14.5 Å². The topological polar surface area (TPSA) is 97.6 Å². The van der Waals surface area contributed by atoms with Gasteiger partial charge in [0.05, 0.1) is 34.4 Å². The Morgan fingerprint density at radius 1 is 1.28 bits per heavy atom. The Kier molecular flexibility index (Phi) is 5.11. The summed E-state index contributed by atoms with van der Waals surface area (Å²) in [5.74, 6) is -0.158. The van der Waals surface area contributed by atoms with Crippen molar-refractivity contribution >= 4 is 34.7 Å². The Labute approximate surface area is 148 Å². The number of nitro benzene ring substituents is 1. The molecular formula is C16H15ClN4O4. The van der Waals surface area contributed by atoms with Crippen LogP contribution in [0, 0.1) is 10.1 Å². The first-order valence-corrected chi connectivity index (χ1v) is 7.96. The molecule has 1 aliphatic heterocycles. The summed E-state index contributed by atoms with van der Waals surface area (Å²) in [6.45, 7) is 2.29. The van der Waals surface area contributed by atoms with Crippen molar-refractivity contribution in [2.24, 2.45) is 0 Å². The van der Waals surface area contributed by atoms with Crippen LogP contribution in [0.15, 0.2) is 36.5 Å². The van der Waals surface area contributed by atoms with E-state index < -0.39 is 10.8 Å². The maximum Gasteiger partial charge on any atom is 0.270 e. The van der Waals surface area contributed by atoms with E-state index in [2.05, 4.69) is 10.3 Å². The van der Waals surface area contributed by atoms with Gasteiger partial charge in [-0.25, -0.2) is 4.98 Å². The first-order chi connectivity index (χ1) is 12.0. The molecule has 2 heterocycles. The summed E-state index contributed by atoms with van der Waals surface area (Å²) >= 11 is 5.78. The third-order valence-electron chi connectivity index (χ3n) is 3.76. The molecule has 8 nitrogen and oxygen atoms in total. The van der Waals surface area contributed by atoms with Crippen molar-refractivity contribution in [3.63, 3.8) is 0 Å². The number of aromatic nitrogens is 1. The Morgan fingerprint density at radius 2 is 2.04 bits per heavy atom. The van der Waals surface area contributed by atoms with Crippen molar-refractivity contribution in [1.82, 2.24) is 4.98 Å². The second-order valence-corrected chi connectivity index (χ2v) is 5.81. The van der Waals surface area contributed by atoms with Gasteiger partial charge in [0.25, 0.3) is 11.6 Å². The summed E-state index contributed by atoms with van der Waals surface area (Å²) in [4.78, 5) is 29.2. The van der Waals surface area contributed by atoms with Crippen LogP contribution in [0.25, 0.3) is 0 Å². The standard InChI is InChI=1S/C16H15ClN4O4/c17-11-1-4-15(18-10-11)19-16(22)13-9-12(21(23)24)2-3-14(13)20-5-7-25-8-6-20/h1-4,9-10H,5-8H2,(H,18,19,22). The Balaban J connectivity index is 1.92. The van der Waals surface area contributed by atoms with Crippen LogP contribution >= 0.6 is 11.6 Å². The predicted molar refractivity (Wildman–Crippen MR) is 93.3 cm³/mol. The van der Waals surface area contributed by atoms with Crippen LogP contribution in [-0.4, -0.2) is 42.1 Å². The molecule has 1 aromatic carbocycles. The number of nitrogens with zero attached hydrogens (tertiary/aromatic N) is 3. The number of carbonyl (C=O) groups is 1. The fourth-order valence-corrected chi connectivity index (χ4v) is 2.64. The molecular weight excluding hydrogens is 348 g/mol. The average Bonchev–Trinajstić information content (AvgIpc) is 2.63. The first kappa shape index (κ1) is 17.1. The third-order valence-corrected chi connectivity index (χ3v) is 3.98. The number of carbonyl (C=O) groups excluding carboxylic acids is 1. The average molecular weight is 363 g/mol. The third kappa shape index (κ3) is 4.04. The van der Waals surface area contributed by atoms with Gasteiger partial charge in [0, 0.05) is 31.4 Å². The summed E-state index contributed by atoms with van der Waals surface area (Å²) in [7, 11) is 0. The highest BCUT2D eigenvalue weighted by Gasteiger charge is 2.22. The second kappa shape index (κ2) is 7.45. The van der Waals surface area contributed by atoms with E-state index in [0.717, 1.165) is 0 Å². The number of halogens is 1. The number of pyridine rings is 1. The van der Waals surface area contributed by atoms with E-state index >= 15 is 0 Å². The Bertz CT molecular complexity index is 791. The lowest BCUT2D eigenvalue weighted by Gasteiger charge is -2.30. The van der Waals surface area contributed by atoms with Crippen LogP contribution in [0.5, 0.6) is 0 Å². The summed E-state index contributed by atoms with van der Waals surface area (Å²) in [5.41, 5.74) is 0.694.